The third-order valence-corrected chi connectivity index (χ3v) is 5.91. The van der Waals surface area contributed by atoms with E-state index in [2.05, 4.69) is 9.97 Å². The number of carbonyl (C=O) groups is 1. The molecule has 4 aliphatic rings. The first-order valence-corrected chi connectivity index (χ1v) is 8.22. The van der Waals surface area contributed by atoms with Crippen molar-refractivity contribution in [2.45, 2.75) is 38.2 Å². The maximum absolute atomic E-state index is 13.8. The van der Waals surface area contributed by atoms with Crippen molar-refractivity contribution in [2.24, 2.45) is 35.3 Å². The molecule has 1 amide bonds. The maximum atomic E-state index is 13.8. The molecule has 23 heavy (non-hydrogen) atoms. The van der Waals surface area contributed by atoms with Gasteiger partial charge in [0.2, 0.25) is 11.7 Å². The molecule has 1 aromatic heterocycles. The van der Waals surface area contributed by atoms with Gasteiger partial charge in [0.15, 0.2) is 6.10 Å². The van der Waals surface area contributed by atoms with Crippen LogP contribution in [0.1, 0.15) is 32.1 Å². The normalized spacial score (nSPS) is 36.0. The Hall–Kier alpha value is -1.92. The molecule has 0 aliphatic heterocycles. The monoisotopic (exact) mass is 321 g/mol. The molecule has 4 aliphatic carbocycles. The predicted octanol–water partition coefficient (Wildman–Crippen LogP) is 1.21. The largest absolute Gasteiger partial charge is 0.463 e. The molecule has 1 heterocycles. The summed E-state index contributed by atoms with van der Waals surface area (Å²) in [5.74, 6) is 0.582. The summed E-state index contributed by atoms with van der Waals surface area (Å²) < 4.78 is 19.4. The molecule has 4 fully saturated rings. The van der Waals surface area contributed by atoms with Crippen LogP contribution in [0.3, 0.4) is 0 Å². The standard InChI is InChI=1S/C16H20FN3O3/c17-11-6-19-16(22)20-15(11)23-13(14(18)21)12-9-2-7-1-8(4-9)5-10(12)3-7/h6-10,12-13H,1-5H2,(H2,18,21)(H,19,20,22). The number of ether oxygens (including phenoxy) is 1. The SMILES string of the molecule is NC(=O)C(Oc1[nH]c(=O)ncc1F)C1C2CC3CC(C2)CC1C3. The highest BCUT2D eigenvalue weighted by Gasteiger charge is 2.52. The van der Waals surface area contributed by atoms with E-state index < -0.39 is 23.5 Å². The van der Waals surface area contributed by atoms with E-state index in [1.807, 2.05) is 0 Å². The van der Waals surface area contributed by atoms with Crippen LogP contribution in [0, 0.1) is 35.4 Å². The summed E-state index contributed by atoms with van der Waals surface area (Å²) in [6.45, 7) is 0. The van der Waals surface area contributed by atoms with Gasteiger partial charge in [-0.15, -0.1) is 0 Å². The Kier molecular flexibility index (Phi) is 3.39. The fourth-order valence-corrected chi connectivity index (χ4v) is 5.36. The topological polar surface area (TPSA) is 98.1 Å². The first-order valence-electron chi connectivity index (χ1n) is 8.22. The van der Waals surface area contributed by atoms with Gasteiger partial charge in [0.05, 0.1) is 6.20 Å². The van der Waals surface area contributed by atoms with Gasteiger partial charge in [0.1, 0.15) is 0 Å². The van der Waals surface area contributed by atoms with Gasteiger partial charge >= 0.3 is 5.69 Å². The molecule has 1 atom stereocenters. The molecule has 0 spiro atoms. The van der Waals surface area contributed by atoms with Gasteiger partial charge in [-0.05, 0) is 55.8 Å². The minimum absolute atomic E-state index is 0.0105. The molecule has 4 bridgehead atoms. The average Bonchev–Trinajstić information content (AvgIpc) is 2.48. The minimum Gasteiger partial charge on any atom is -0.463 e. The second-order valence-electron chi connectivity index (χ2n) is 7.31. The van der Waals surface area contributed by atoms with E-state index in [9.17, 15) is 14.0 Å². The van der Waals surface area contributed by atoms with Crippen molar-refractivity contribution in [1.29, 1.82) is 0 Å². The maximum Gasteiger partial charge on any atom is 0.347 e. The van der Waals surface area contributed by atoms with Crippen molar-refractivity contribution >= 4 is 5.91 Å². The summed E-state index contributed by atoms with van der Waals surface area (Å²) >= 11 is 0. The molecule has 0 aromatic carbocycles. The number of nitrogens with two attached hydrogens (primary N) is 1. The molecule has 124 valence electrons. The Morgan fingerprint density at radius 1 is 1.26 bits per heavy atom. The number of nitrogens with zero attached hydrogens (tertiary/aromatic N) is 1. The second kappa shape index (κ2) is 5.32. The summed E-state index contributed by atoms with van der Waals surface area (Å²) in [5.41, 5.74) is 4.85. The molecular formula is C16H20FN3O3. The highest BCUT2D eigenvalue weighted by molar-refractivity contribution is 5.79. The number of amides is 1. The number of halogens is 1. The van der Waals surface area contributed by atoms with Crippen molar-refractivity contribution in [1.82, 2.24) is 9.97 Å². The Bertz CT molecular complexity index is 661. The van der Waals surface area contributed by atoms with Crippen LogP contribution in [0.2, 0.25) is 0 Å². The van der Waals surface area contributed by atoms with Gasteiger partial charge in [-0.1, -0.05) is 0 Å². The summed E-state index contributed by atoms with van der Waals surface area (Å²) in [6.07, 6.45) is 5.58. The Labute approximate surface area is 132 Å². The number of aromatic nitrogens is 2. The average molecular weight is 321 g/mol. The zero-order valence-corrected chi connectivity index (χ0v) is 12.7. The first kappa shape index (κ1) is 14.7. The van der Waals surface area contributed by atoms with E-state index >= 15 is 0 Å². The summed E-state index contributed by atoms with van der Waals surface area (Å²) in [7, 11) is 0. The fourth-order valence-electron chi connectivity index (χ4n) is 5.36. The Balaban J connectivity index is 1.62. The van der Waals surface area contributed by atoms with Crippen LogP contribution in [0.4, 0.5) is 4.39 Å². The third kappa shape index (κ3) is 2.52. The van der Waals surface area contributed by atoms with Crippen LogP contribution in [-0.2, 0) is 4.79 Å². The predicted molar refractivity (Wildman–Crippen MR) is 79.0 cm³/mol. The van der Waals surface area contributed by atoms with Gasteiger partial charge in [-0.2, -0.15) is 9.37 Å². The molecule has 3 N–H and O–H groups in total. The van der Waals surface area contributed by atoms with Crippen molar-refractivity contribution < 1.29 is 13.9 Å². The first-order chi connectivity index (χ1) is 11.0. The minimum atomic E-state index is -0.905. The van der Waals surface area contributed by atoms with Crippen LogP contribution in [0.25, 0.3) is 0 Å². The number of carbonyl (C=O) groups excluding carboxylic acids is 1. The highest BCUT2D eigenvalue weighted by Crippen LogP contribution is 2.57. The van der Waals surface area contributed by atoms with Gasteiger partial charge in [-0.25, -0.2) is 4.79 Å². The molecule has 1 unspecified atom stereocenters. The van der Waals surface area contributed by atoms with E-state index in [1.54, 1.807) is 0 Å². The lowest BCUT2D eigenvalue weighted by atomic mass is 9.51. The number of primary amides is 1. The zero-order chi connectivity index (χ0) is 16.1. The molecular weight excluding hydrogens is 301 g/mol. The van der Waals surface area contributed by atoms with Crippen LogP contribution < -0.4 is 16.2 Å². The third-order valence-electron chi connectivity index (χ3n) is 5.91. The highest BCUT2D eigenvalue weighted by atomic mass is 19.1. The van der Waals surface area contributed by atoms with Crippen molar-refractivity contribution in [2.75, 3.05) is 0 Å². The lowest BCUT2D eigenvalue weighted by Crippen LogP contribution is -2.54. The lowest BCUT2D eigenvalue weighted by Gasteiger charge is -2.55. The molecule has 1 aromatic rings. The van der Waals surface area contributed by atoms with E-state index in [0.29, 0.717) is 11.8 Å². The fraction of sp³-hybridized carbons (Fsp3) is 0.688. The van der Waals surface area contributed by atoms with Crippen molar-refractivity contribution in [3.05, 3.63) is 22.5 Å². The van der Waals surface area contributed by atoms with E-state index in [0.717, 1.165) is 43.7 Å². The Morgan fingerprint density at radius 3 is 2.43 bits per heavy atom. The van der Waals surface area contributed by atoms with Gasteiger partial charge in [-0.3, -0.25) is 9.78 Å². The van der Waals surface area contributed by atoms with Crippen molar-refractivity contribution in [3.8, 4) is 5.88 Å². The number of rotatable bonds is 4. The van der Waals surface area contributed by atoms with Crippen LogP contribution in [-0.4, -0.2) is 22.0 Å². The number of hydrogen-bond donors (Lipinski definition) is 2. The van der Waals surface area contributed by atoms with Gasteiger partial charge < -0.3 is 10.5 Å². The van der Waals surface area contributed by atoms with Crippen molar-refractivity contribution in [3.63, 3.8) is 0 Å². The molecule has 6 nitrogen and oxygen atoms in total. The van der Waals surface area contributed by atoms with E-state index in [-0.39, 0.29) is 11.8 Å². The lowest BCUT2D eigenvalue weighted by molar-refractivity contribution is -0.138. The van der Waals surface area contributed by atoms with E-state index in [1.165, 1.54) is 6.42 Å². The van der Waals surface area contributed by atoms with Crippen LogP contribution >= 0.6 is 0 Å². The summed E-state index contributed by atoms with van der Waals surface area (Å²) in [4.78, 5) is 28.8. The van der Waals surface area contributed by atoms with Gasteiger partial charge in [0, 0.05) is 5.92 Å². The number of aromatic amines is 1. The molecule has 0 radical (unpaired) electrons. The molecule has 4 saturated carbocycles. The molecule has 7 heteroatoms. The number of nitrogens with one attached hydrogen (secondary N) is 1. The number of H-pyrrole nitrogens is 1. The van der Waals surface area contributed by atoms with E-state index in [4.69, 9.17) is 10.5 Å². The molecule has 0 saturated heterocycles. The van der Waals surface area contributed by atoms with Crippen LogP contribution in [0.5, 0.6) is 5.88 Å². The zero-order valence-electron chi connectivity index (χ0n) is 12.7. The van der Waals surface area contributed by atoms with Gasteiger partial charge in [0.25, 0.3) is 5.91 Å². The second-order valence-corrected chi connectivity index (χ2v) is 7.31. The summed E-state index contributed by atoms with van der Waals surface area (Å²) in [5, 5.41) is 0. The number of hydrogen-bond acceptors (Lipinski definition) is 4. The molecule has 5 rings (SSSR count). The Morgan fingerprint density at radius 2 is 1.87 bits per heavy atom. The van der Waals surface area contributed by atoms with Crippen LogP contribution in [0.15, 0.2) is 11.0 Å². The smallest absolute Gasteiger partial charge is 0.347 e. The summed E-state index contributed by atoms with van der Waals surface area (Å²) in [6, 6.07) is 0. The quantitative estimate of drug-likeness (QED) is 0.871.